The predicted molar refractivity (Wildman–Crippen MR) is 101 cm³/mol. The van der Waals surface area contributed by atoms with Crippen molar-refractivity contribution in [3.63, 3.8) is 0 Å². The lowest BCUT2D eigenvalue weighted by atomic mass is 10.0. The Balaban J connectivity index is 1.83. The molecule has 1 amide bonds. The molecule has 2 aromatic rings. The summed E-state index contributed by atoms with van der Waals surface area (Å²) in [7, 11) is 0. The molecule has 1 N–H and O–H groups in total. The lowest BCUT2D eigenvalue weighted by Gasteiger charge is -2.39. The Morgan fingerprint density at radius 3 is 2.34 bits per heavy atom. The third-order valence-electron chi connectivity index (χ3n) is 4.68. The number of rotatable bonds is 2. The van der Waals surface area contributed by atoms with Gasteiger partial charge in [0.25, 0.3) is 5.91 Å². The summed E-state index contributed by atoms with van der Waals surface area (Å²) in [6.45, 7) is 3.72. The fraction of sp³-hybridized carbons (Fsp3) is 0.0952. The van der Waals surface area contributed by atoms with Crippen LogP contribution in [0.2, 0.25) is 0 Å². The Kier molecular flexibility index (Phi) is 4.41. The maximum atomic E-state index is 13.4. The van der Waals surface area contributed by atoms with Crippen LogP contribution in [0, 0.1) is 5.82 Å². The van der Waals surface area contributed by atoms with Crippen LogP contribution in [0.4, 0.5) is 28.9 Å². The molecular weight excluding hydrogens is 386 g/mol. The molecule has 0 saturated carbocycles. The van der Waals surface area contributed by atoms with Crippen molar-refractivity contribution in [1.29, 1.82) is 0 Å². The van der Waals surface area contributed by atoms with Crippen LogP contribution >= 0.6 is 0 Å². The van der Waals surface area contributed by atoms with Crippen LogP contribution < -0.4 is 10.2 Å². The second-order valence-corrected chi connectivity index (χ2v) is 6.58. The average molecular weight is 401 g/mol. The van der Waals surface area contributed by atoms with E-state index in [0.717, 1.165) is 12.1 Å². The summed E-state index contributed by atoms with van der Waals surface area (Å²) in [4.78, 5) is 16.0. The molecular formula is C21H15F4N3O. The first-order valence-electron chi connectivity index (χ1n) is 8.64. The first kappa shape index (κ1) is 18.8. The predicted octanol–water partition coefficient (Wildman–Crippen LogP) is 4.91. The summed E-state index contributed by atoms with van der Waals surface area (Å²) in [6.07, 6.45) is 0.419. The number of benzene rings is 2. The van der Waals surface area contributed by atoms with E-state index in [1.54, 1.807) is 23.3 Å². The van der Waals surface area contributed by atoms with E-state index in [-0.39, 0.29) is 17.9 Å². The van der Waals surface area contributed by atoms with Gasteiger partial charge in [-0.1, -0.05) is 6.58 Å². The molecule has 148 valence electrons. The van der Waals surface area contributed by atoms with Gasteiger partial charge < -0.3 is 10.2 Å². The minimum Gasteiger partial charge on any atom is -0.360 e. The minimum atomic E-state index is -4.55. The Hall–Kier alpha value is -3.55. The van der Waals surface area contributed by atoms with E-state index >= 15 is 0 Å². The van der Waals surface area contributed by atoms with Crippen LogP contribution in [0.15, 0.2) is 78.8 Å². The number of amides is 1. The van der Waals surface area contributed by atoms with Gasteiger partial charge in [-0.15, -0.1) is 0 Å². The molecule has 0 atom stereocenters. The first-order valence-corrected chi connectivity index (χ1v) is 8.64. The number of allylic oxidation sites excluding steroid dienone is 2. The average Bonchev–Trinajstić information content (AvgIpc) is 2.69. The van der Waals surface area contributed by atoms with E-state index in [1.807, 2.05) is 0 Å². The number of halogens is 4. The molecule has 2 heterocycles. The van der Waals surface area contributed by atoms with Gasteiger partial charge in [0.2, 0.25) is 0 Å². The monoisotopic (exact) mass is 401 g/mol. The molecule has 0 bridgehead atoms. The van der Waals surface area contributed by atoms with E-state index in [9.17, 15) is 22.4 Å². The van der Waals surface area contributed by atoms with Crippen molar-refractivity contribution in [1.82, 2.24) is 10.2 Å². The van der Waals surface area contributed by atoms with Crippen molar-refractivity contribution >= 4 is 17.3 Å². The van der Waals surface area contributed by atoms with E-state index < -0.39 is 23.5 Å². The highest BCUT2D eigenvalue weighted by Crippen LogP contribution is 2.39. The van der Waals surface area contributed by atoms with E-state index in [1.165, 1.54) is 35.2 Å². The smallest absolute Gasteiger partial charge is 0.360 e. The van der Waals surface area contributed by atoms with Gasteiger partial charge in [-0.2, -0.15) is 13.2 Å². The standard InChI is InChI=1S/C21H15F4N3O/c1-13-2-6-17(11-26-13)28-12-27(16-7-4-15(22)5-8-16)19-10-14(21(23,24)25)3-9-18(19)20(28)29/h2-11,26H,1,12H2. The highest BCUT2D eigenvalue weighted by molar-refractivity contribution is 6.04. The molecule has 2 aliphatic heterocycles. The number of nitrogens with zero attached hydrogens (tertiary/aromatic N) is 2. The van der Waals surface area contributed by atoms with Crippen LogP contribution in [0.5, 0.6) is 0 Å². The third-order valence-corrected chi connectivity index (χ3v) is 4.68. The summed E-state index contributed by atoms with van der Waals surface area (Å²) in [6, 6.07) is 8.34. The third kappa shape index (κ3) is 3.49. The number of nitrogens with one attached hydrogen (secondary N) is 1. The number of carbonyl (C=O) groups excluding carboxylic acids is 1. The van der Waals surface area contributed by atoms with Crippen LogP contribution in [0.1, 0.15) is 15.9 Å². The highest BCUT2D eigenvalue weighted by Gasteiger charge is 2.36. The number of dihydropyridines is 1. The van der Waals surface area contributed by atoms with Crippen molar-refractivity contribution in [3.8, 4) is 0 Å². The molecule has 2 aliphatic rings. The second kappa shape index (κ2) is 6.80. The molecule has 8 heteroatoms. The van der Waals surface area contributed by atoms with Crippen molar-refractivity contribution in [3.05, 3.63) is 95.7 Å². The molecule has 0 saturated heterocycles. The van der Waals surface area contributed by atoms with Crippen LogP contribution in [0.25, 0.3) is 0 Å². The van der Waals surface area contributed by atoms with Gasteiger partial charge in [0.05, 0.1) is 22.5 Å². The zero-order valence-electron chi connectivity index (χ0n) is 15.0. The maximum absolute atomic E-state index is 13.4. The van der Waals surface area contributed by atoms with Crippen molar-refractivity contribution in [2.45, 2.75) is 6.18 Å². The topological polar surface area (TPSA) is 35.6 Å². The van der Waals surface area contributed by atoms with Gasteiger partial charge in [0, 0.05) is 17.6 Å². The molecule has 0 aliphatic carbocycles. The summed E-state index contributed by atoms with van der Waals surface area (Å²) in [5, 5.41) is 2.91. The van der Waals surface area contributed by atoms with Crippen LogP contribution in [-0.2, 0) is 6.18 Å². The van der Waals surface area contributed by atoms with Crippen molar-refractivity contribution < 1.29 is 22.4 Å². The fourth-order valence-electron chi connectivity index (χ4n) is 3.20. The fourth-order valence-corrected chi connectivity index (χ4v) is 3.20. The maximum Gasteiger partial charge on any atom is 0.416 e. The summed E-state index contributed by atoms with van der Waals surface area (Å²) in [5.41, 5.74) is 1.00. The molecule has 29 heavy (non-hydrogen) atoms. The SMILES string of the molecule is C=C1C=CC(N2CN(c3ccc(F)cc3)c3cc(C(F)(F)F)ccc3C2=O)=CN1. The molecule has 0 radical (unpaired) electrons. The quantitative estimate of drug-likeness (QED) is 0.727. The Bertz CT molecular complexity index is 1050. The summed E-state index contributed by atoms with van der Waals surface area (Å²) in [5.74, 6) is -0.902. The largest absolute Gasteiger partial charge is 0.416 e. The minimum absolute atomic E-state index is 0.0386. The van der Waals surface area contributed by atoms with Gasteiger partial charge in [-0.25, -0.2) is 4.39 Å². The molecule has 0 spiro atoms. The second-order valence-electron chi connectivity index (χ2n) is 6.58. The van der Waals surface area contributed by atoms with Gasteiger partial charge in [-0.05, 0) is 54.6 Å². The number of hydrogen-bond acceptors (Lipinski definition) is 3. The lowest BCUT2D eigenvalue weighted by molar-refractivity contribution is -0.137. The normalized spacial score (nSPS) is 16.5. The molecule has 4 nitrogen and oxygen atoms in total. The molecule has 0 aromatic heterocycles. The first-order chi connectivity index (χ1) is 13.7. The molecule has 0 unspecified atom stereocenters. The van der Waals surface area contributed by atoms with E-state index in [4.69, 9.17) is 0 Å². The Labute approximate surface area is 164 Å². The zero-order valence-corrected chi connectivity index (χ0v) is 15.0. The molecule has 2 aromatic carbocycles. The number of anilines is 2. The molecule has 4 rings (SSSR count). The van der Waals surface area contributed by atoms with E-state index in [2.05, 4.69) is 11.9 Å². The summed E-state index contributed by atoms with van der Waals surface area (Å²) >= 11 is 0. The summed E-state index contributed by atoms with van der Waals surface area (Å²) < 4.78 is 53.1. The van der Waals surface area contributed by atoms with Gasteiger partial charge in [0.1, 0.15) is 12.5 Å². The number of carbonyl (C=O) groups is 1. The number of alkyl halides is 3. The van der Waals surface area contributed by atoms with Gasteiger partial charge in [-0.3, -0.25) is 9.69 Å². The van der Waals surface area contributed by atoms with Crippen LogP contribution in [0.3, 0.4) is 0 Å². The highest BCUT2D eigenvalue weighted by atomic mass is 19.4. The Morgan fingerprint density at radius 2 is 1.72 bits per heavy atom. The Morgan fingerprint density at radius 1 is 1.00 bits per heavy atom. The van der Waals surface area contributed by atoms with Crippen molar-refractivity contribution in [2.75, 3.05) is 11.6 Å². The van der Waals surface area contributed by atoms with Gasteiger partial charge >= 0.3 is 6.18 Å². The number of hydrogen-bond donors (Lipinski definition) is 1. The zero-order chi connectivity index (χ0) is 20.8. The van der Waals surface area contributed by atoms with Crippen molar-refractivity contribution in [2.24, 2.45) is 0 Å². The van der Waals surface area contributed by atoms with Gasteiger partial charge in [0.15, 0.2) is 0 Å². The van der Waals surface area contributed by atoms with E-state index in [0.29, 0.717) is 17.1 Å². The lowest BCUT2D eigenvalue weighted by Crippen LogP contribution is -2.44. The van der Waals surface area contributed by atoms with Crippen LogP contribution in [-0.4, -0.2) is 17.5 Å². The molecule has 0 fully saturated rings. The number of fused-ring (bicyclic) bond motifs is 1.